The summed E-state index contributed by atoms with van der Waals surface area (Å²) in [5, 5.41) is 8.76. The maximum absolute atomic E-state index is 10.7. The largest absolute Gasteiger partial charge is 0.480 e. The van der Waals surface area contributed by atoms with E-state index in [-0.39, 0.29) is 12.5 Å². The zero-order valence-corrected chi connectivity index (χ0v) is 7.76. The van der Waals surface area contributed by atoms with Crippen LogP contribution in [-0.4, -0.2) is 23.7 Å². The first-order valence-corrected chi connectivity index (χ1v) is 4.40. The molecule has 1 aromatic rings. The molecular weight excluding hydrogens is 180 g/mol. The highest BCUT2D eigenvalue weighted by molar-refractivity contribution is 5.74. The fourth-order valence-corrected chi connectivity index (χ4v) is 1.36. The Morgan fingerprint density at radius 3 is 2.36 bits per heavy atom. The quantitative estimate of drug-likeness (QED) is 0.636. The predicted octanol–water partition coefficient (Wildman–Crippen LogP) is 0.141. The van der Waals surface area contributed by atoms with Gasteiger partial charge in [0.2, 0.25) is 0 Å². The molecule has 14 heavy (non-hydrogen) atoms. The molecule has 4 nitrogen and oxygen atoms in total. The predicted molar refractivity (Wildman–Crippen MR) is 53.8 cm³/mol. The molecule has 0 spiro atoms. The highest BCUT2D eigenvalue weighted by Crippen LogP contribution is 2.16. The van der Waals surface area contributed by atoms with Crippen LogP contribution >= 0.6 is 0 Å². The second-order valence-corrected chi connectivity index (χ2v) is 3.12. The maximum Gasteiger partial charge on any atom is 0.321 e. The van der Waals surface area contributed by atoms with Crippen LogP contribution in [-0.2, 0) is 4.79 Å². The Labute approximate surface area is 82.5 Å². The number of carboxylic acids is 1. The van der Waals surface area contributed by atoms with Crippen molar-refractivity contribution in [3.8, 4) is 0 Å². The van der Waals surface area contributed by atoms with Crippen molar-refractivity contribution in [3.63, 3.8) is 0 Å². The molecule has 2 atom stereocenters. The molecule has 0 heterocycles. The number of hydrogen-bond acceptors (Lipinski definition) is 3. The van der Waals surface area contributed by atoms with Crippen LogP contribution in [0.4, 0.5) is 0 Å². The average Bonchev–Trinajstić information content (AvgIpc) is 2.20. The minimum Gasteiger partial charge on any atom is -0.480 e. The highest BCUT2D eigenvalue weighted by atomic mass is 16.4. The smallest absolute Gasteiger partial charge is 0.321 e. The van der Waals surface area contributed by atoms with E-state index in [0.29, 0.717) is 0 Å². The summed E-state index contributed by atoms with van der Waals surface area (Å²) in [5.41, 5.74) is 11.9. The van der Waals surface area contributed by atoms with E-state index in [1.165, 1.54) is 0 Å². The molecule has 0 aliphatic rings. The van der Waals surface area contributed by atoms with Crippen LogP contribution in [0.2, 0.25) is 0 Å². The van der Waals surface area contributed by atoms with Gasteiger partial charge in [0.05, 0.1) is 0 Å². The second kappa shape index (κ2) is 4.74. The molecule has 0 aromatic heterocycles. The van der Waals surface area contributed by atoms with E-state index < -0.39 is 12.0 Å². The van der Waals surface area contributed by atoms with Crippen LogP contribution in [0, 0.1) is 0 Å². The summed E-state index contributed by atoms with van der Waals surface area (Å²) in [6.45, 7) is 0.234. The first-order chi connectivity index (χ1) is 6.66. The number of carbonyl (C=O) groups is 1. The number of rotatable bonds is 4. The van der Waals surface area contributed by atoms with Gasteiger partial charge in [-0.05, 0) is 5.56 Å². The number of nitrogens with two attached hydrogens (primary N) is 2. The summed E-state index contributed by atoms with van der Waals surface area (Å²) in [6, 6.07) is 8.27. The Hall–Kier alpha value is -1.39. The number of carboxylic acid groups (broad SMARTS) is 1. The Bertz CT molecular complexity index is 300. The number of aliphatic carboxylic acids is 1. The zero-order chi connectivity index (χ0) is 10.6. The lowest BCUT2D eigenvalue weighted by Crippen LogP contribution is -2.39. The van der Waals surface area contributed by atoms with Gasteiger partial charge >= 0.3 is 5.97 Å². The van der Waals surface area contributed by atoms with E-state index in [4.69, 9.17) is 16.6 Å². The molecule has 0 aliphatic heterocycles. The van der Waals surface area contributed by atoms with E-state index in [1.54, 1.807) is 0 Å². The van der Waals surface area contributed by atoms with Crippen molar-refractivity contribution in [2.24, 2.45) is 11.5 Å². The first-order valence-electron chi connectivity index (χ1n) is 4.40. The van der Waals surface area contributed by atoms with E-state index in [0.717, 1.165) is 5.56 Å². The third-order valence-corrected chi connectivity index (χ3v) is 2.20. The highest BCUT2D eigenvalue weighted by Gasteiger charge is 2.23. The Morgan fingerprint density at radius 2 is 1.93 bits per heavy atom. The normalized spacial score (nSPS) is 14.7. The van der Waals surface area contributed by atoms with Crippen LogP contribution in [0.15, 0.2) is 30.3 Å². The standard InChI is InChI=1S/C10H14N2O2/c11-6-8(9(12)10(13)14)7-4-2-1-3-5-7/h1-5,8-9H,6,11-12H2,(H,13,14)/t8-,9+/m0/s1. The second-order valence-electron chi connectivity index (χ2n) is 3.12. The van der Waals surface area contributed by atoms with Gasteiger partial charge in [0.15, 0.2) is 0 Å². The molecule has 5 N–H and O–H groups in total. The van der Waals surface area contributed by atoms with Gasteiger partial charge in [0.25, 0.3) is 0 Å². The Morgan fingerprint density at radius 1 is 1.36 bits per heavy atom. The summed E-state index contributed by atoms with van der Waals surface area (Å²) in [5.74, 6) is -1.35. The lowest BCUT2D eigenvalue weighted by Gasteiger charge is -2.18. The van der Waals surface area contributed by atoms with Crippen molar-refractivity contribution < 1.29 is 9.90 Å². The Balaban J connectivity index is 2.87. The summed E-state index contributed by atoms with van der Waals surface area (Å²) < 4.78 is 0. The van der Waals surface area contributed by atoms with E-state index in [2.05, 4.69) is 0 Å². The van der Waals surface area contributed by atoms with E-state index >= 15 is 0 Å². The van der Waals surface area contributed by atoms with Gasteiger partial charge in [-0.15, -0.1) is 0 Å². The molecule has 76 valence electrons. The zero-order valence-electron chi connectivity index (χ0n) is 7.76. The molecule has 1 aromatic carbocycles. The lowest BCUT2D eigenvalue weighted by atomic mass is 9.92. The third kappa shape index (κ3) is 2.31. The molecule has 0 radical (unpaired) electrons. The van der Waals surface area contributed by atoms with Crippen LogP contribution in [0.1, 0.15) is 11.5 Å². The molecule has 0 aliphatic carbocycles. The van der Waals surface area contributed by atoms with Crippen LogP contribution < -0.4 is 11.5 Å². The molecule has 1 rings (SSSR count). The average molecular weight is 194 g/mol. The van der Waals surface area contributed by atoms with Gasteiger partial charge in [-0.1, -0.05) is 30.3 Å². The topological polar surface area (TPSA) is 89.3 Å². The van der Waals surface area contributed by atoms with Gasteiger partial charge in [0, 0.05) is 12.5 Å². The van der Waals surface area contributed by atoms with Gasteiger partial charge in [0.1, 0.15) is 6.04 Å². The minimum atomic E-state index is -1.02. The van der Waals surface area contributed by atoms with Crippen molar-refractivity contribution in [2.45, 2.75) is 12.0 Å². The van der Waals surface area contributed by atoms with Crippen molar-refractivity contribution in [1.82, 2.24) is 0 Å². The minimum absolute atomic E-state index is 0.234. The van der Waals surface area contributed by atoms with Crippen LogP contribution in [0.25, 0.3) is 0 Å². The van der Waals surface area contributed by atoms with E-state index in [1.807, 2.05) is 30.3 Å². The molecule has 0 saturated carbocycles. The summed E-state index contributed by atoms with van der Waals surface area (Å²) in [6.07, 6.45) is 0. The summed E-state index contributed by atoms with van der Waals surface area (Å²) >= 11 is 0. The molecule has 0 unspecified atom stereocenters. The molecule has 0 saturated heterocycles. The first kappa shape index (κ1) is 10.7. The molecule has 0 fully saturated rings. The number of benzene rings is 1. The van der Waals surface area contributed by atoms with Crippen molar-refractivity contribution >= 4 is 5.97 Å². The van der Waals surface area contributed by atoms with Gasteiger partial charge < -0.3 is 16.6 Å². The summed E-state index contributed by atoms with van der Waals surface area (Å²) in [7, 11) is 0. The summed E-state index contributed by atoms with van der Waals surface area (Å²) in [4.78, 5) is 10.7. The molecule has 4 heteroatoms. The van der Waals surface area contributed by atoms with Crippen molar-refractivity contribution in [1.29, 1.82) is 0 Å². The third-order valence-electron chi connectivity index (χ3n) is 2.20. The van der Waals surface area contributed by atoms with Gasteiger partial charge in [-0.3, -0.25) is 4.79 Å². The number of hydrogen-bond donors (Lipinski definition) is 3. The van der Waals surface area contributed by atoms with Crippen LogP contribution in [0.3, 0.4) is 0 Å². The monoisotopic (exact) mass is 194 g/mol. The van der Waals surface area contributed by atoms with Crippen molar-refractivity contribution in [3.05, 3.63) is 35.9 Å². The SMILES string of the molecule is NC[C@@H](c1ccccc1)[C@@H](N)C(=O)O. The molecule has 0 amide bonds. The molecular formula is C10H14N2O2. The van der Waals surface area contributed by atoms with Crippen LogP contribution in [0.5, 0.6) is 0 Å². The fraction of sp³-hybridized carbons (Fsp3) is 0.300. The lowest BCUT2D eigenvalue weighted by molar-refractivity contribution is -0.139. The van der Waals surface area contributed by atoms with Gasteiger partial charge in [-0.2, -0.15) is 0 Å². The van der Waals surface area contributed by atoms with E-state index in [9.17, 15) is 4.79 Å². The maximum atomic E-state index is 10.7. The van der Waals surface area contributed by atoms with Gasteiger partial charge in [-0.25, -0.2) is 0 Å². The molecule has 0 bridgehead atoms. The van der Waals surface area contributed by atoms with Crippen molar-refractivity contribution in [2.75, 3.05) is 6.54 Å². The Kier molecular flexibility index (Phi) is 3.62. The fourth-order valence-electron chi connectivity index (χ4n) is 1.36.